The molecule has 164 valence electrons. The van der Waals surface area contributed by atoms with Crippen LogP contribution in [0.5, 0.6) is 0 Å². The van der Waals surface area contributed by atoms with Crippen LogP contribution in [0.1, 0.15) is 38.5 Å². The molecule has 2 aliphatic rings. The van der Waals surface area contributed by atoms with Crippen LogP contribution in [0.15, 0.2) is 0 Å². The van der Waals surface area contributed by atoms with E-state index >= 15 is 0 Å². The number of carbonyl (C=O) groups excluding carboxylic acids is 4. The molecule has 2 N–H and O–H groups in total. The number of ether oxygens (including phenoxy) is 1. The number of hydrogen-bond donors (Lipinski definition) is 2. The lowest BCUT2D eigenvalue weighted by molar-refractivity contribution is -0.176. The third kappa shape index (κ3) is 5.82. The van der Waals surface area contributed by atoms with Crippen molar-refractivity contribution in [3.63, 3.8) is 0 Å². The molecule has 0 aromatic rings. The van der Waals surface area contributed by atoms with E-state index < -0.39 is 60.0 Å². The smallest absolute Gasteiger partial charge is 0.393 e. The number of rotatable bonds is 4. The van der Waals surface area contributed by atoms with Crippen molar-refractivity contribution in [2.75, 3.05) is 0 Å². The highest BCUT2D eigenvalue weighted by molar-refractivity contribution is 5.90. The summed E-state index contributed by atoms with van der Waals surface area (Å²) in [5, 5.41) is 3.37. The maximum Gasteiger partial charge on any atom is 0.471 e. The molecule has 4 atom stereocenters. The molecule has 13 heteroatoms. The van der Waals surface area contributed by atoms with E-state index in [1.807, 2.05) is 0 Å². The molecule has 2 rings (SSSR count). The quantitative estimate of drug-likeness (QED) is 0.401. The molecule has 7 nitrogen and oxygen atoms in total. The summed E-state index contributed by atoms with van der Waals surface area (Å²) >= 11 is 0. The molecule has 0 spiro atoms. The zero-order chi connectivity index (χ0) is 22.0. The van der Waals surface area contributed by atoms with Gasteiger partial charge in [0.25, 0.3) is 0 Å². The largest absolute Gasteiger partial charge is 0.471 e. The molecule has 2 saturated carbocycles. The van der Waals surface area contributed by atoms with Crippen LogP contribution in [-0.4, -0.2) is 48.2 Å². The first-order valence-corrected chi connectivity index (χ1v) is 8.81. The lowest BCUT2D eigenvalue weighted by Gasteiger charge is -2.22. The molecule has 0 aliphatic heterocycles. The molecule has 29 heavy (non-hydrogen) atoms. The van der Waals surface area contributed by atoms with Crippen molar-refractivity contribution in [3.05, 3.63) is 0 Å². The fourth-order valence-corrected chi connectivity index (χ4v) is 3.58. The van der Waals surface area contributed by atoms with Crippen molar-refractivity contribution in [1.29, 1.82) is 0 Å². The van der Waals surface area contributed by atoms with Gasteiger partial charge in [-0.05, 0) is 25.7 Å². The van der Waals surface area contributed by atoms with Crippen molar-refractivity contribution < 1.29 is 50.3 Å². The van der Waals surface area contributed by atoms with Gasteiger partial charge in [0.1, 0.15) is 0 Å². The third-order valence-electron chi connectivity index (χ3n) is 4.99. The molecule has 0 radical (unpaired) electrons. The Hall–Kier alpha value is -2.34. The third-order valence-corrected chi connectivity index (χ3v) is 4.99. The summed E-state index contributed by atoms with van der Waals surface area (Å²) in [5.41, 5.74) is 0. The highest BCUT2D eigenvalue weighted by atomic mass is 19.4. The summed E-state index contributed by atoms with van der Waals surface area (Å²) in [4.78, 5) is 46.5. The average molecular weight is 432 g/mol. The fraction of sp³-hybridized carbons (Fsp3) is 0.750. The van der Waals surface area contributed by atoms with Gasteiger partial charge in [-0.3, -0.25) is 19.2 Å². The van der Waals surface area contributed by atoms with E-state index in [1.54, 1.807) is 10.6 Å². The topological polar surface area (TPSA) is 102 Å². The van der Waals surface area contributed by atoms with Gasteiger partial charge >= 0.3 is 36.1 Å². The molecule has 0 aromatic heterocycles. The van der Waals surface area contributed by atoms with Gasteiger partial charge in [0.2, 0.25) is 0 Å². The second-order valence-corrected chi connectivity index (χ2v) is 6.97. The highest BCUT2D eigenvalue weighted by Crippen LogP contribution is 2.31. The van der Waals surface area contributed by atoms with Crippen molar-refractivity contribution >= 4 is 23.8 Å². The second-order valence-electron chi connectivity index (χ2n) is 6.97. The molecular weight excluding hydrogens is 414 g/mol. The molecule has 2 aliphatic carbocycles. The van der Waals surface area contributed by atoms with Gasteiger partial charge in [-0.15, -0.1) is 0 Å². The van der Waals surface area contributed by atoms with Crippen LogP contribution in [-0.2, 0) is 23.9 Å². The normalized spacial score (nSPS) is 27.4. The van der Waals surface area contributed by atoms with Crippen molar-refractivity contribution in [2.45, 2.75) is 63.0 Å². The molecule has 2 amide bonds. The van der Waals surface area contributed by atoms with Crippen LogP contribution in [0, 0.1) is 11.8 Å². The Bertz CT molecular complexity index is 622. The summed E-state index contributed by atoms with van der Waals surface area (Å²) in [6.07, 6.45) is -9.36. The Labute approximate surface area is 160 Å². The Morgan fingerprint density at radius 2 is 1.00 bits per heavy atom. The molecule has 0 aromatic carbocycles. The lowest BCUT2D eigenvalue weighted by atomic mass is 10.0. The van der Waals surface area contributed by atoms with Gasteiger partial charge in [-0.2, -0.15) is 26.3 Å². The Kier molecular flexibility index (Phi) is 6.78. The van der Waals surface area contributed by atoms with Crippen LogP contribution in [0.4, 0.5) is 26.3 Å². The van der Waals surface area contributed by atoms with E-state index in [9.17, 15) is 45.5 Å². The van der Waals surface area contributed by atoms with Gasteiger partial charge in [0.05, 0.1) is 11.8 Å². The molecule has 0 heterocycles. The van der Waals surface area contributed by atoms with Crippen LogP contribution in [0.2, 0.25) is 0 Å². The Balaban J connectivity index is 1.96. The minimum absolute atomic E-state index is 0.0729. The van der Waals surface area contributed by atoms with Crippen LogP contribution in [0.3, 0.4) is 0 Å². The second kappa shape index (κ2) is 8.57. The number of nitrogens with one attached hydrogen (secondary N) is 2. The Morgan fingerprint density at radius 1 is 0.655 bits per heavy atom. The number of hydrogen-bond acceptors (Lipinski definition) is 5. The molecular formula is C16H18F6N2O5. The average Bonchev–Trinajstić information content (AvgIpc) is 3.22. The van der Waals surface area contributed by atoms with Crippen molar-refractivity contribution in [3.8, 4) is 0 Å². The Morgan fingerprint density at radius 3 is 1.31 bits per heavy atom. The monoisotopic (exact) mass is 432 g/mol. The molecule has 0 bridgehead atoms. The molecule has 0 unspecified atom stereocenters. The van der Waals surface area contributed by atoms with Crippen LogP contribution < -0.4 is 10.6 Å². The number of amides is 2. The fourth-order valence-electron chi connectivity index (χ4n) is 3.58. The number of alkyl halides is 6. The van der Waals surface area contributed by atoms with E-state index in [2.05, 4.69) is 4.74 Å². The zero-order valence-corrected chi connectivity index (χ0v) is 14.9. The van der Waals surface area contributed by atoms with Gasteiger partial charge in [0, 0.05) is 12.1 Å². The zero-order valence-electron chi connectivity index (χ0n) is 14.9. The number of carbonyl (C=O) groups is 4. The van der Waals surface area contributed by atoms with Crippen molar-refractivity contribution in [1.82, 2.24) is 10.6 Å². The highest BCUT2D eigenvalue weighted by Gasteiger charge is 2.46. The van der Waals surface area contributed by atoms with E-state index in [1.165, 1.54) is 0 Å². The SMILES string of the molecule is O=C(OC(=O)[C@@H]1CCC[C@@H]1NC(=O)C(F)(F)F)[C@@H]1CCC[C@@H]1NC(=O)C(F)(F)F. The molecule has 2 fully saturated rings. The predicted octanol–water partition coefficient (Wildman–Crippen LogP) is 1.75. The number of halogens is 6. The van der Waals surface area contributed by atoms with Gasteiger partial charge in [0.15, 0.2) is 0 Å². The van der Waals surface area contributed by atoms with E-state index in [4.69, 9.17) is 0 Å². The minimum Gasteiger partial charge on any atom is -0.393 e. The summed E-state index contributed by atoms with van der Waals surface area (Å²) in [6, 6.07) is -2.34. The first kappa shape index (κ1) is 22.9. The summed E-state index contributed by atoms with van der Waals surface area (Å²) < 4.78 is 78.9. The van der Waals surface area contributed by atoms with Gasteiger partial charge in [-0.1, -0.05) is 12.8 Å². The predicted molar refractivity (Wildman–Crippen MR) is 81.8 cm³/mol. The lowest BCUT2D eigenvalue weighted by Crippen LogP contribution is -2.48. The van der Waals surface area contributed by atoms with Gasteiger partial charge < -0.3 is 15.4 Å². The van der Waals surface area contributed by atoms with E-state index in [0.29, 0.717) is 12.8 Å². The summed E-state index contributed by atoms with van der Waals surface area (Å²) in [6.45, 7) is 0. The van der Waals surface area contributed by atoms with E-state index in [0.717, 1.165) is 0 Å². The first-order valence-electron chi connectivity index (χ1n) is 8.81. The summed E-state index contributed by atoms with van der Waals surface area (Å²) in [7, 11) is 0. The molecule has 0 saturated heterocycles. The maximum absolute atomic E-state index is 12.4. The minimum atomic E-state index is -5.14. The van der Waals surface area contributed by atoms with Crippen molar-refractivity contribution in [2.24, 2.45) is 11.8 Å². The van der Waals surface area contributed by atoms with Gasteiger partial charge in [-0.25, -0.2) is 0 Å². The maximum atomic E-state index is 12.4. The van der Waals surface area contributed by atoms with Crippen LogP contribution >= 0.6 is 0 Å². The first-order chi connectivity index (χ1) is 13.3. The number of esters is 2. The van der Waals surface area contributed by atoms with E-state index in [-0.39, 0.29) is 25.7 Å². The van der Waals surface area contributed by atoms with Crippen LogP contribution in [0.25, 0.3) is 0 Å². The standard InChI is InChI=1S/C16H18F6N2O5/c17-15(18,19)13(27)23-9-5-1-3-7(9)11(25)29-12(26)8-4-2-6-10(8)24-14(28)16(20,21)22/h7-10H,1-6H2,(H,23,27)(H,24,28)/t7-,8-,9+,10+/m1/s1. The summed E-state index contributed by atoms with van der Waals surface area (Å²) in [5.74, 6) is -9.14.